The average molecular weight is 377 g/mol. The van der Waals surface area contributed by atoms with E-state index in [1.165, 1.54) is 18.9 Å². The van der Waals surface area contributed by atoms with Crippen LogP contribution in [0.25, 0.3) is 0 Å². The summed E-state index contributed by atoms with van der Waals surface area (Å²) in [7, 11) is 0. The molecule has 7 heteroatoms. The lowest BCUT2D eigenvalue weighted by Crippen LogP contribution is -2.44. The van der Waals surface area contributed by atoms with Gasteiger partial charge in [-0.05, 0) is 62.3 Å². The third-order valence-corrected chi connectivity index (χ3v) is 5.55. The van der Waals surface area contributed by atoms with Gasteiger partial charge in [-0.15, -0.1) is 0 Å². The van der Waals surface area contributed by atoms with E-state index in [1.54, 1.807) is 12.1 Å². The van der Waals surface area contributed by atoms with Crippen molar-refractivity contribution in [3.05, 3.63) is 35.1 Å². The molecule has 1 aliphatic carbocycles. The molecular weight excluding hydrogens is 349 g/mol. The van der Waals surface area contributed by atoms with E-state index in [0.717, 1.165) is 24.9 Å². The third kappa shape index (κ3) is 5.26. The maximum Gasteiger partial charge on any atom is 0.304 e. The highest BCUT2D eigenvalue weighted by atomic mass is 19.1. The number of benzene rings is 1. The Morgan fingerprint density at radius 1 is 1.22 bits per heavy atom. The van der Waals surface area contributed by atoms with Crippen LogP contribution in [-0.2, 0) is 11.2 Å². The molecule has 1 aliphatic heterocycles. The van der Waals surface area contributed by atoms with Gasteiger partial charge in [0, 0.05) is 25.2 Å². The summed E-state index contributed by atoms with van der Waals surface area (Å²) < 4.78 is 14.1. The Morgan fingerprint density at radius 2 is 1.96 bits per heavy atom. The zero-order valence-corrected chi connectivity index (χ0v) is 15.5. The van der Waals surface area contributed by atoms with Gasteiger partial charge in [0.25, 0.3) is 5.91 Å². The zero-order valence-electron chi connectivity index (χ0n) is 15.5. The zero-order chi connectivity index (χ0) is 19.4. The second-order valence-electron chi connectivity index (χ2n) is 7.69. The van der Waals surface area contributed by atoms with Gasteiger partial charge in [-0.2, -0.15) is 0 Å². The van der Waals surface area contributed by atoms with Crippen LogP contribution >= 0.6 is 0 Å². The van der Waals surface area contributed by atoms with Gasteiger partial charge in [0.15, 0.2) is 0 Å². The van der Waals surface area contributed by atoms with Crippen LogP contribution in [0.1, 0.15) is 48.0 Å². The van der Waals surface area contributed by atoms with Crippen molar-refractivity contribution in [2.75, 3.05) is 19.6 Å². The van der Waals surface area contributed by atoms with Crippen LogP contribution in [0.2, 0.25) is 0 Å². The highest BCUT2D eigenvalue weighted by molar-refractivity contribution is 5.94. The monoisotopic (exact) mass is 377 g/mol. The number of nitrogens with zero attached hydrogens (tertiary/aromatic N) is 1. The number of rotatable bonds is 9. The van der Waals surface area contributed by atoms with Gasteiger partial charge < -0.3 is 16.2 Å². The van der Waals surface area contributed by atoms with Crippen molar-refractivity contribution in [3.63, 3.8) is 0 Å². The predicted molar refractivity (Wildman–Crippen MR) is 100.0 cm³/mol. The number of carboxylic acids is 1. The molecule has 0 spiro atoms. The molecule has 1 saturated heterocycles. The molecule has 6 nitrogen and oxygen atoms in total. The van der Waals surface area contributed by atoms with E-state index in [1.807, 2.05) is 0 Å². The van der Waals surface area contributed by atoms with Gasteiger partial charge >= 0.3 is 5.97 Å². The number of amides is 1. The highest BCUT2D eigenvalue weighted by Gasteiger charge is 2.38. The number of nitrogens with one attached hydrogen (secondary N) is 1. The Labute approximate surface area is 158 Å². The number of likely N-dealkylation sites (tertiary alicyclic amines) is 1. The minimum atomic E-state index is -0.788. The number of hydrogen-bond donors (Lipinski definition) is 3. The van der Waals surface area contributed by atoms with Crippen molar-refractivity contribution >= 4 is 11.9 Å². The van der Waals surface area contributed by atoms with Crippen molar-refractivity contribution in [1.82, 2.24) is 10.2 Å². The predicted octanol–water partition coefficient (Wildman–Crippen LogP) is 1.77. The lowest BCUT2D eigenvalue weighted by Gasteiger charge is -2.29. The molecule has 0 bridgehead atoms. The standard InChI is InChI=1S/C20H28FN3O3/c21-18-6-3-13(7-8-22)9-17(18)20(27)23-11-16-5-4-15(10-19(25)26)24(16)12-14-1-2-14/h3,6,9,14-16H,1-2,4-5,7-8,10-12,22H2,(H,23,27)(H,25,26)/t15-,16+/m1/s1. The van der Waals surface area contributed by atoms with Crippen molar-refractivity contribution in [1.29, 1.82) is 0 Å². The van der Waals surface area contributed by atoms with Gasteiger partial charge in [-0.1, -0.05) is 6.07 Å². The third-order valence-electron chi connectivity index (χ3n) is 5.55. The molecule has 148 valence electrons. The lowest BCUT2D eigenvalue weighted by atomic mass is 10.1. The van der Waals surface area contributed by atoms with Crippen LogP contribution in [0, 0.1) is 11.7 Å². The summed E-state index contributed by atoms with van der Waals surface area (Å²) in [6.07, 6.45) is 4.77. The molecule has 1 saturated carbocycles. The lowest BCUT2D eigenvalue weighted by molar-refractivity contribution is -0.138. The summed E-state index contributed by atoms with van der Waals surface area (Å²) in [4.78, 5) is 25.9. The summed E-state index contributed by atoms with van der Waals surface area (Å²) in [6.45, 7) is 1.73. The number of halogens is 1. The number of nitrogens with two attached hydrogens (primary N) is 1. The molecule has 4 N–H and O–H groups in total. The molecule has 0 radical (unpaired) electrons. The Bertz CT molecular complexity index is 693. The van der Waals surface area contributed by atoms with Gasteiger partial charge in [0.05, 0.1) is 12.0 Å². The quantitative estimate of drug-likeness (QED) is 0.610. The van der Waals surface area contributed by atoms with Crippen LogP contribution in [0.3, 0.4) is 0 Å². The second-order valence-corrected chi connectivity index (χ2v) is 7.69. The van der Waals surface area contributed by atoms with Crippen LogP contribution in [-0.4, -0.2) is 53.6 Å². The number of hydrogen-bond acceptors (Lipinski definition) is 4. The molecule has 3 rings (SSSR count). The van der Waals surface area contributed by atoms with Gasteiger partial charge in [0.2, 0.25) is 0 Å². The Balaban J connectivity index is 1.61. The fourth-order valence-electron chi connectivity index (χ4n) is 3.93. The smallest absolute Gasteiger partial charge is 0.304 e. The summed E-state index contributed by atoms with van der Waals surface area (Å²) >= 11 is 0. The maximum atomic E-state index is 14.1. The maximum absolute atomic E-state index is 14.1. The van der Waals surface area contributed by atoms with Crippen molar-refractivity contribution in [2.24, 2.45) is 11.7 Å². The molecule has 1 aromatic carbocycles. The van der Waals surface area contributed by atoms with E-state index in [9.17, 15) is 14.0 Å². The van der Waals surface area contributed by atoms with Gasteiger partial charge in [-0.3, -0.25) is 14.5 Å². The largest absolute Gasteiger partial charge is 0.481 e. The number of aliphatic carboxylic acids is 1. The minimum Gasteiger partial charge on any atom is -0.481 e. The molecule has 0 aromatic heterocycles. The first kappa shape index (κ1) is 19.8. The fraction of sp³-hybridized carbons (Fsp3) is 0.600. The fourth-order valence-corrected chi connectivity index (χ4v) is 3.93. The van der Waals surface area contributed by atoms with Crippen LogP contribution in [0.15, 0.2) is 18.2 Å². The second kappa shape index (κ2) is 8.80. The SMILES string of the molecule is NCCc1ccc(F)c(C(=O)NC[C@@H]2CC[C@H](CC(=O)O)N2CC2CC2)c1. The van der Waals surface area contributed by atoms with Crippen molar-refractivity contribution < 1.29 is 19.1 Å². The molecule has 2 atom stereocenters. The van der Waals surface area contributed by atoms with E-state index in [-0.39, 0.29) is 24.1 Å². The summed E-state index contributed by atoms with van der Waals surface area (Å²) in [6, 6.07) is 4.63. The molecule has 1 aromatic rings. The van der Waals surface area contributed by atoms with E-state index in [0.29, 0.717) is 25.4 Å². The van der Waals surface area contributed by atoms with Crippen LogP contribution in [0.4, 0.5) is 4.39 Å². The van der Waals surface area contributed by atoms with Crippen molar-refractivity contribution in [2.45, 2.75) is 50.6 Å². The normalized spacial score (nSPS) is 22.7. The van der Waals surface area contributed by atoms with E-state index >= 15 is 0 Å². The minimum absolute atomic E-state index is 0.0228. The van der Waals surface area contributed by atoms with E-state index in [4.69, 9.17) is 10.8 Å². The Kier molecular flexibility index (Phi) is 6.44. The number of carbonyl (C=O) groups excluding carboxylic acids is 1. The molecule has 27 heavy (non-hydrogen) atoms. The van der Waals surface area contributed by atoms with Gasteiger partial charge in [0.1, 0.15) is 5.82 Å². The van der Waals surface area contributed by atoms with Crippen molar-refractivity contribution in [3.8, 4) is 0 Å². The summed E-state index contributed by atoms with van der Waals surface area (Å²) in [5.74, 6) is -1.12. The first-order chi connectivity index (χ1) is 13.0. The molecule has 1 amide bonds. The van der Waals surface area contributed by atoms with E-state index < -0.39 is 17.7 Å². The molecular formula is C20H28FN3O3. The molecule has 2 fully saturated rings. The highest BCUT2D eigenvalue weighted by Crippen LogP contribution is 2.35. The van der Waals surface area contributed by atoms with Crippen LogP contribution in [0.5, 0.6) is 0 Å². The number of carboxylic acid groups (broad SMARTS) is 1. The van der Waals surface area contributed by atoms with E-state index in [2.05, 4.69) is 10.2 Å². The summed E-state index contributed by atoms with van der Waals surface area (Å²) in [5.41, 5.74) is 6.40. The molecule has 1 heterocycles. The summed E-state index contributed by atoms with van der Waals surface area (Å²) in [5, 5.41) is 12.0. The van der Waals surface area contributed by atoms with Gasteiger partial charge in [-0.25, -0.2) is 4.39 Å². The first-order valence-corrected chi connectivity index (χ1v) is 9.72. The Hall–Kier alpha value is -1.99. The Morgan fingerprint density at radius 3 is 2.63 bits per heavy atom. The molecule has 2 aliphatic rings. The van der Waals surface area contributed by atoms with Crippen LogP contribution < -0.4 is 11.1 Å². The number of carbonyl (C=O) groups is 2. The molecule has 0 unspecified atom stereocenters. The average Bonchev–Trinajstić information content (AvgIpc) is 3.37. The topological polar surface area (TPSA) is 95.7 Å². The first-order valence-electron chi connectivity index (χ1n) is 9.72.